The van der Waals surface area contributed by atoms with E-state index in [2.05, 4.69) is 5.09 Å². The van der Waals surface area contributed by atoms with Crippen molar-refractivity contribution < 1.29 is 23.4 Å². The summed E-state index contributed by atoms with van der Waals surface area (Å²) < 4.78 is 22.0. The second kappa shape index (κ2) is 10.7. The first-order valence-corrected chi connectivity index (χ1v) is 10.1. The number of hydrogen-bond acceptors (Lipinski definition) is 6. The van der Waals surface area contributed by atoms with Crippen molar-refractivity contribution >= 4 is 31.0 Å². The Morgan fingerprint density at radius 1 is 1.24 bits per heavy atom. The van der Waals surface area contributed by atoms with E-state index in [4.69, 9.17) is 9.26 Å². The van der Waals surface area contributed by atoms with E-state index < -0.39 is 25.6 Å². The minimum atomic E-state index is -2.20. The molecule has 1 N–H and O–H groups in total. The van der Waals surface area contributed by atoms with Gasteiger partial charge in [-0.25, -0.2) is 0 Å². The molecule has 2 atom stereocenters. The van der Waals surface area contributed by atoms with Crippen molar-refractivity contribution in [2.45, 2.75) is 40.3 Å². The van der Waals surface area contributed by atoms with Gasteiger partial charge in [0.05, 0.1) is 0 Å². The highest BCUT2D eigenvalue weighted by Crippen LogP contribution is 2.24. The molecule has 0 heterocycles. The molecule has 8 heteroatoms. The van der Waals surface area contributed by atoms with Gasteiger partial charge in [0.25, 0.3) is 0 Å². The van der Waals surface area contributed by atoms with Crippen LogP contribution >= 0.6 is 19.9 Å². The molecule has 0 radical (unpaired) electrons. The number of hydrogen-bond donors (Lipinski definition) is 1. The summed E-state index contributed by atoms with van der Waals surface area (Å²) in [6.45, 7) is 7.40. The van der Waals surface area contributed by atoms with E-state index in [-0.39, 0.29) is 18.3 Å². The number of carbonyl (C=O) groups excluding carboxylic acids is 2. The third-order valence-corrected chi connectivity index (χ3v) is 5.27. The Balaban J connectivity index is 2.22. The van der Waals surface area contributed by atoms with Gasteiger partial charge in [0, 0.05) is 11.2 Å². The fourth-order valence-corrected chi connectivity index (χ4v) is 3.23. The predicted molar refractivity (Wildman–Crippen MR) is 99.3 cm³/mol. The highest BCUT2D eigenvalue weighted by Gasteiger charge is 2.28. The first kappa shape index (κ1) is 21.8. The maximum Gasteiger partial charge on any atom is 0.613 e. The van der Waals surface area contributed by atoms with Gasteiger partial charge in [-0.3, -0.25) is 9.59 Å². The summed E-state index contributed by atoms with van der Waals surface area (Å²) in [7, 11) is -2.20. The molecule has 0 fully saturated rings. The highest BCUT2D eigenvalue weighted by molar-refractivity contribution is 8.13. The van der Waals surface area contributed by atoms with Crippen molar-refractivity contribution in [2.24, 2.45) is 5.41 Å². The van der Waals surface area contributed by atoms with Gasteiger partial charge in [0.2, 0.25) is 0 Å². The molecule has 0 saturated heterocycles. The minimum Gasteiger partial charge on any atom is -0.460 e. The maximum atomic E-state index is 11.9. The van der Waals surface area contributed by atoms with Crippen molar-refractivity contribution in [3.63, 3.8) is 0 Å². The van der Waals surface area contributed by atoms with E-state index in [9.17, 15) is 14.2 Å². The van der Waals surface area contributed by atoms with Crippen molar-refractivity contribution in [3.05, 3.63) is 35.9 Å². The second-order valence-electron chi connectivity index (χ2n) is 6.42. The molecular weight excluding hydrogens is 361 g/mol. The van der Waals surface area contributed by atoms with Crippen LogP contribution in [0.25, 0.3) is 0 Å². The summed E-state index contributed by atoms with van der Waals surface area (Å²) in [5.74, 6) is -0.0980. The predicted octanol–water partition coefficient (Wildman–Crippen LogP) is 3.69. The van der Waals surface area contributed by atoms with Gasteiger partial charge in [0.1, 0.15) is 19.3 Å². The minimum absolute atomic E-state index is 0.0529. The van der Waals surface area contributed by atoms with Gasteiger partial charge in [-0.1, -0.05) is 68.0 Å². The molecule has 0 bridgehead atoms. The zero-order valence-corrected chi connectivity index (χ0v) is 16.7. The molecular formula is C17H25NO5PS+. The van der Waals surface area contributed by atoms with Gasteiger partial charge < -0.3 is 4.74 Å². The van der Waals surface area contributed by atoms with Gasteiger partial charge in [0.15, 0.2) is 5.12 Å². The van der Waals surface area contributed by atoms with Crippen molar-refractivity contribution in [2.75, 3.05) is 12.4 Å². The molecule has 1 unspecified atom stereocenters. The molecule has 0 aliphatic carbocycles. The molecule has 0 spiro atoms. The second-order valence-corrected chi connectivity index (χ2v) is 8.52. The Hall–Kier alpha value is -1.27. The fraction of sp³-hybridized carbons (Fsp3) is 0.529. The van der Waals surface area contributed by atoms with Gasteiger partial charge >= 0.3 is 14.1 Å². The SMILES string of the molecule is C[C@H](N[P+](=O)OCCSC(=O)C(C)(C)C)C(=O)OCc1ccccc1. The Morgan fingerprint density at radius 3 is 2.48 bits per heavy atom. The normalized spacial score (nSPS) is 13.2. The summed E-state index contributed by atoms with van der Waals surface area (Å²) in [4.78, 5) is 23.6. The van der Waals surface area contributed by atoms with E-state index in [1.54, 1.807) is 6.92 Å². The number of thioether (sulfide) groups is 1. The Kier molecular flexibility index (Phi) is 9.28. The zero-order chi connectivity index (χ0) is 18.9. The lowest BCUT2D eigenvalue weighted by molar-refractivity contribution is -0.146. The molecule has 1 aromatic carbocycles. The highest BCUT2D eigenvalue weighted by atomic mass is 32.2. The van der Waals surface area contributed by atoms with E-state index in [0.29, 0.717) is 5.75 Å². The molecule has 138 valence electrons. The van der Waals surface area contributed by atoms with Crippen LogP contribution in [0.4, 0.5) is 0 Å². The Labute approximate surface area is 154 Å². The number of esters is 1. The van der Waals surface area contributed by atoms with E-state index in [1.807, 2.05) is 51.1 Å². The van der Waals surface area contributed by atoms with Crippen LogP contribution in [0, 0.1) is 5.41 Å². The Bertz CT molecular complexity index is 588. The summed E-state index contributed by atoms with van der Waals surface area (Å²) in [6, 6.07) is 8.55. The number of carbonyl (C=O) groups is 2. The van der Waals surface area contributed by atoms with Crippen LogP contribution in [0.1, 0.15) is 33.3 Å². The molecule has 0 aliphatic rings. The molecule has 0 aliphatic heterocycles. The van der Waals surface area contributed by atoms with Gasteiger partial charge in [-0.15, -0.1) is 4.52 Å². The van der Waals surface area contributed by atoms with Crippen LogP contribution in [-0.2, 0) is 30.0 Å². The molecule has 0 saturated carbocycles. The molecule has 0 aromatic heterocycles. The van der Waals surface area contributed by atoms with Crippen LogP contribution in [0.3, 0.4) is 0 Å². The monoisotopic (exact) mass is 386 g/mol. The first-order valence-electron chi connectivity index (χ1n) is 7.94. The van der Waals surface area contributed by atoms with Gasteiger partial charge in [-0.05, 0) is 17.1 Å². The largest absolute Gasteiger partial charge is 0.613 e. The summed E-state index contributed by atoms with van der Waals surface area (Å²) in [5.41, 5.74) is 0.464. The van der Waals surface area contributed by atoms with Crippen molar-refractivity contribution in [1.29, 1.82) is 0 Å². The molecule has 1 aromatic rings. The fourth-order valence-electron chi connectivity index (χ4n) is 1.57. The molecule has 0 amide bonds. The summed E-state index contributed by atoms with van der Waals surface area (Å²) in [5, 5.41) is 2.61. The van der Waals surface area contributed by atoms with Gasteiger partial charge in [-0.2, -0.15) is 0 Å². The lowest BCUT2D eigenvalue weighted by Crippen LogP contribution is -2.31. The molecule has 25 heavy (non-hydrogen) atoms. The number of nitrogens with one attached hydrogen (secondary N) is 1. The van der Waals surface area contributed by atoms with Crippen molar-refractivity contribution in [1.82, 2.24) is 5.09 Å². The smallest absolute Gasteiger partial charge is 0.460 e. The summed E-state index contributed by atoms with van der Waals surface area (Å²) >= 11 is 1.14. The number of ether oxygens (including phenoxy) is 1. The number of rotatable bonds is 9. The average Bonchev–Trinajstić information content (AvgIpc) is 2.56. The zero-order valence-electron chi connectivity index (χ0n) is 15.0. The standard InChI is InChI=1S/C17H25NO5PS/c1-13(15(19)22-12-14-8-6-5-7-9-14)18-24(21)23-10-11-25-16(20)17(2,3)4/h5-9,13H,10-12H2,1-4H3,(H,18,21)/q+1/t13-/m0/s1. The molecule has 6 nitrogen and oxygen atoms in total. The van der Waals surface area contributed by atoms with Crippen LogP contribution in [0.2, 0.25) is 0 Å². The number of benzene rings is 1. The van der Waals surface area contributed by atoms with E-state index in [1.165, 1.54) is 0 Å². The van der Waals surface area contributed by atoms with Crippen LogP contribution in [0.5, 0.6) is 0 Å². The Morgan fingerprint density at radius 2 is 1.88 bits per heavy atom. The quantitative estimate of drug-likeness (QED) is 0.394. The van der Waals surface area contributed by atoms with Crippen LogP contribution in [-0.4, -0.2) is 29.5 Å². The molecule has 1 rings (SSSR count). The van der Waals surface area contributed by atoms with Crippen LogP contribution < -0.4 is 5.09 Å². The van der Waals surface area contributed by atoms with E-state index >= 15 is 0 Å². The third-order valence-electron chi connectivity index (χ3n) is 3.01. The maximum absolute atomic E-state index is 11.9. The topological polar surface area (TPSA) is 81.7 Å². The first-order chi connectivity index (χ1) is 11.7. The lowest BCUT2D eigenvalue weighted by atomic mass is 10.00. The van der Waals surface area contributed by atoms with Crippen molar-refractivity contribution in [3.8, 4) is 0 Å². The van der Waals surface area contributed by atoms with Crippen LogP contribution in [0.15, 0.2) is 30.3 Å². The van der Waals surface area contributed by atoms with E-state index in [0.717, 1.165) is 17.3 Å². The lowest BCUT2D eigenvalue weighted by Gasteiger charge is -2.14. The third kappa shape index (κ3) is 9.12. The summed E-state index contributed by atoms with van der Waals surface area (Å²) in [6.07, 6.45) is 0. The average molecular weight is 386 g/mol.